The van der Waals surface area contributed by atoms with Gasteiger partial charge in [0.2, 0.25) is 0 Å². The van der Waals surface area contributed by atoms with Crippen LogP contribution in [-0.2, 0) is 9.53 Å². The highest BCUT2D eigenvalue weighted by Gasteiger charge is 2.31. The SMILES string of the molecule is O=C1NSNC1N1CCOCC1. The van der Waals surface area contributed by atoms with Gasteiger partial charge in [-0.05, 0) is 0 Å². The Bertz CT molecular complexity index is 184. The molecule has 5 nitrogen and oxygen atoms in total. The Balaban J connectivity index is 1.93. The molecule has 2 N–H and O–H groups in total. The molecule has 68 valence electrons. The highest BCUT2D eigenvalue weighted by molar-refractivity contribution is 7.96. The Morgan fingerprint density at radius 1 is 1.50 bits per heavy atom. The normalized spacial score (nSPS) is 32.0. The third-order valence-electron chi connectivity index (χ3n) is 1.98. The number of carbonyl (C=O) groups excluding carboxylic acids is 1. The summed E-state index contributed by atoms with van der Waals surface area (Å²) >= 11 is 1.25. The molecule has 2 aliphatic rings. The number of amides is 1. The fraction of sp³-hybridized carbons (Fsp3) is 0.833. The largest absolute Gasteiger partial charge is 0.379 e. The van der Waals surface area contributed by atoms with E-state index in [-0.39, 0.29) is 12.1 Å². The summed E-state index contributed by atoms with van der Waals surface area (Å²) in [5, 5.41) is 0. The lowest BCUT2D eigenvalue weighted by atomic mass is 10.3. The Kier molecular flexibility index (Phi) is 2.50. The minimum absolute atomic E-state index is 0.0434. The zero-order valence-corrected chi connectivity index (χ0v) is 7.39. The van der Waals surface area contributed by atoms with Crippen molar-refractivity contribution in [2.24, 2.45) is 0 Å². The quantitative estimate of drug-likeness (QED) is 0.514. The summed E-state index contributed by atoms with van der Waals surface area (Å²) in [6.07, 6.45) is -0.168. The van der Waals surface area contributed by atoms with Gasteiger partial charge < -0.3 is 4.74 Å². The van der Waals surface area contributed by atoms with Gasteiger partial charge in [0.05, 0.1) is 13.2 Å². The van der Waals surface area contributed by atoms with E-state index in [1.807, 2.05) is 0 Å². The maximum atomic E-state index is 11.2. The summed E-state index contributed by atoms with van der Waals surface area (Å²) in [7, 11) is 0. The van der Waals surface area contributed by atoms with Gasteiger partial charge in [-0.2, -0.15) is 0 Å². The van der Waals surface area contributed by atoms with Crippen molar-refractivity contribution >= 4 is 18.0 Å². The molecule has 0 spiro atoms. The Hall–Kier alpha value is -0.300. The summed E-state index contributed by atoms with van der Waals surface area (Å²) in [4.78, 5) is 13.3. The van der Waals surface area contributed by atoms with Crippen LogP contribution in [0.3, 0.4) is 0 Å². The third-order valence-corrected chi connectivity index (χ3v) is 2.63. The molecule has 2 heterocycles. The highest BCUT2D eigenvalue weighted by Crippen LogP contribution is 2.09. The molecule has 2 fully saturated rings. The van der Waals surface area contributed by atoms with E-state index in [2.05, 4.69) is 14.3 Å². The van der Waals surface area contributed by atoms with Crippen LogP contribution in [-0.4, -0.2) is 43.3 Å². The summed E-state index contributed by atoms with van der Waals surface area (Å²) in [6, 6.07) is 0. The lowest BCUT2D eigenvalue weighted by Gasteiger charge is -2.29. The molecule has 0 aromatic rings. The number of nitrogens with one attached hydrogen (secondary N) is 2. The zero-order chi connectivity index (χ0) is 8.39. The number of hydrogen-bond donors (Lipinski definition) is 2. The van der Waals surface area contributed by atoms with Crippen molar-refractivity contribution in [3.05, 3.63) is 0 Å². The van der Waals surface area contributed by atoms with Crippen molar-refractivity contribution in [2.75, 3.05) is 26.3 Å². The number of hydrogen-bond acceptors (Lipinski definition) is 5. The van der Waals surface area contributed by atoms with Gasteiger partial charge in [0, 0.05) is 25.2 Å². The van der Waals surface area contributed by atoms with Crippen molar-refractivity contribution in [1.29, 1.82) is 0 Å². The van der Waals surface area contributed by atoms with Gasteiger partial charge in [0.1, 0.15) is 0 Å². The average molecular weight is 189 g/mol. The molecular formula is C6H11N3O2S. The van der Waals surface area contributed by atoms with Crippen molar-refractivity contribution in [2.45, 2.75) is 6.17 Å². The Morgan fingerprint density at radius 3 is 2.83 bits per heavy atom. The Morgan fingerprint density at radius 2 is 2.25 bits per heavy atom. The molecule has 12 heavy (non-hydrogen) atoms. The second-order valence-corrected chi connectivity index (χ2v) is 3.38. The van der Waals surface area contributed by atoms with Gasteiger partial charge in [-0.1, -0.05) is 0 Å². The second-order valence-electron chi connectivity index (χ2n) is 2.74. The van der Waals surface area contributed by atoms with E-state index >= 15 is 0 Å². The summed E-state index contributed by atoms with van der Waals surface area (Å²) in [5.74, 6) is 0.0434. The van der Waals surface area contributed by atoms with Crippen LogP contribution in [0.5, 0.6) is 0 Å². The van der Waals surface area contributed by atoms with Gasteiger partial charge in [0.15, 0.2) is 6.17 Å². The predicted molar refractivity (Wildman–Crippen MR) is 45.0 cm³/mol. The van der Waals surface area contributed by atoms with Crippen LogP contribution in [0.1, 0.15) is 0 Å². The Labute approximate surface area is 75.1 Å². The number of ether oxygens (including phenoxy) is 1. The molecule has 2 rings (SSSR count). The number of nitrogens with zero attached hydrogens (tertiary/aromatic N) is 1. The molecule has 1 unspecified atom stereocenters. The molecule has 1 amide bonds. The highest BCUT2D eigenvalue weighted by atomic mass is 32.2. The molecule has 1 atom stereocenters. The lowest BCUT2D eigenvalue weighted by molar-refractivity contribution is -0.125. The van der Waals surface area contributed by atoms with Gasteiger partial charge in [0.25, 0.3) is 5.91 Å². The van der Waals surface area contributed by atoms with Crippen molar-refractivity contribution in [3.8, 4) is 0 Å². The van der Waals surface area contributed by atoms with Gasteiger partial charge in [-0.15, -0.1) is 0 Å². The molecule has 0 aliphatic carbocycles. The van der Waals surface area contributed by atoms with Crippen molar-refractivity contribution < 1.29 is 9.53 Å². The number of carbonyl (C=O) groups is 1. The van der Waals surface area contributed by atoms with Crippen LogP contribution in [0.25, 0.3) is 0 Å². The number of rotatable bonds is 1. The molecule has 0 aromatic carbocycles. The average Bonchev–Trinajstić information content (AvgIpc) is 2.53. The van der Waals surface area contributed by atoms with E-state index in [0.29, 0.717) is 0 Å². The first-order chi connectivity index (χ1) is 5.88. The maximum Gasteiger partial charge on any atom is 0.263 e. The molecule has 2 saturated heterocycles. The molecule has 2 aliphatic heterocycles. The van der Waals surface area contributed by atoms with E-state index in [0.717, 1.165) is 26.3 Å². The lowest BCUT2D eigenvalue weighted by Crippen LogP contribution is -2.51. The van der Waals surface area contributed by atoms with Crippen LogP contribution in [0.2, 0.25) is 0 Å². The topological polar surface area (TPSA) is 53.6 Å². The third kappa shape index (κ3) is 1.56. The fourth-order valence-corrected chi connectivity index (χ4v) is 1.96. The van der Waals surface area contributed by atoms with Crippen LogP contribution < -0.4 is 9.44 Å². The van der Waals surface area contributed by atoms with Crippen LogP contribution in [0.15, 0.2) is 0 Å². The molecule has 6 heteroatoms. The van der Waals surface area contributed by atoms with Gasteiger partial charge in [-0.3, -0.25) is 14.4 Å². The van der Waals surface area contributed by atoms with Crippen molar-refractivity contribution in [3.63, 3.8) is 0 Å². The molecule has 0 bridgehead atoms. The standard InChI is InChI=1S/C6H11N3O2S/c10-6-5(7-12-8-6)9-1-3-11-4-2-9/h5,7H,1-4H2,(H,8,10). The van der Waals surface area contributed by atoms with Crippen LogP contribution in [0, 0.1) is 0 Å². The second kappa shape index (κ2) is 3.61. The summed E-state index contributed by atoms with van der Waals surface area (Å²) < 4.78 is 10.8. The van der Waals surface area contributed by atoms with E-state index in [1.54, 1.807) is 0 Å². The van der Waals surface area contributed by atoms with Crippen LogP contribution >= 0.6 is 12.1 Å². The molecule has 0 saturated carbocycles. The smallest absolute Gasteiger partial charge is 0.263 e. The zero-order valence-electron chi connectivity index (χ0n) is 6.58. The van der Waals surface area contributed by atoms with E-state index in [9.17, 15) is 4.79 Å². The van der Waals surface area contributed by atoms with E-state index in [1.165, 1.54) is 12.1 Å². The summed E-state index contributed by atoms with van der Waals surface area (Å²) in [5.41, 5.74) is 0. The first kappa shape index (κ1) is 8.31. The predicted octanol–water partition coefficient (Wildman–Crippen LogP) is -1.07. The first-order valence-corrected chi connectivity index (χ1v) is 4.72. The minimum Gasteiger partial charge on any atom is -0.379 e. The fourth-order valence-electron chi connectivity index (χ4n) is 1.32. The molecule has 0 aromatic heterocycles. The maximum absolute atomic E-state index is 11.2. The summed E-state index contributed by atoms with van der Waals surface area (Å²) in [6.45, 7) is 3.09. The molecular weight excluding hydrogens is 178 g/mol. The minimum atomic E-state index is -0.168. The van der Waals surface area contributed by atoms with Gasteiger partial charge >= 0.3 is 0 Å². The monoisotopic (exact) mass is 189 g/mol. The van der Waals surface area contributed by atoms with E-state index < -0.39 is 0 Å². The van der Waals surface area contributed by atoms with Crippen molar-refractivity contribution in [1.82, 2.24) is 14.3 Å². The van der Waals surface area contributed by atoms with Crippen LogP contribution in [0.4, 0.5) is 0 Å². The molecule has 0 radical (unpaired) electrons. The number of morpholine rings is 1. The van der Waals surface area contributed by atoms with E-state index in [4.69, 9.17) is 4.74 Å². The first-order valence-electron chi connectivity index (χ1n) is 3.91. The van der Waals surface area contributed by atoms with Gasteiger partial charge in [-0.25, -0.2) is 4.72 Å².